The molecule has 4 aromatic rings. The number of hydrogen-bond acceptors (Lipinski definition) is 4. The highest BCUT2D eigenvalue weighted by molar-refractivity contribution is 7.91. The number of hydrogen-bond donors (Lipinski definition) is 1. The van der Waals surface area contributed by atoms with E-state index in [-0.39, 0.29) is 5.75 Å². The van der Waals surface area contributed by atoms with E-state index in [2.05, 4.69) is 28.8 Å². The normalized spacial score (nSPS) is 11.7. The predicted octanol–water partition coefficient (Wildman–Crippen LogP) is 5.83. The average molecular weight is 423 g/mol. The number of aromatic nitrogens is 1. The molecule has 0 atom stereocenters. The first kappa shape index (κ1) is 19.6. The molecule has 6 heteroatoms. The molecular formula is C23H22N2O2S2. The number of nitrogens with one attached hydrogen (secondary N) is 1. The van der Waals surface area contributed by atoms with Crippen molar-refractivity contribution in [2.75, 3.05) is 4.72 Å². The van der Waals surface area contributed by atoms with E-state index in [0.717, 1.165) is 37.5 Å². The van der Waals surface area contributed by atoms with Crippen LogP contribution in [0.3, 0.4) is 0 Å². The standard InChI is InChI=1S/C23H22N2O2S2/c1-15-4-6-17(3)19(12-15)14-29(26,27)25-20-9-7-18(8-10-20)23-24-21-11-5-16(2)13-22(21)28-23/h4-13,25H,14H2,1-3H3. The Balaban J connectivity index is 1.53. The number of aryl methyl sites for hydroxylation is 3. The highest BCUT2D eigenvalue weighted by atomic mass is 32.2. The minimum absolute atomic E-state index is 0.0422. The zero-order valence-corrected chi connectivity index (χ0v) is 18.2. The Hall–Kier alpha value is -2.70. The van der Waals surface area contributed by atoms with E-state index in [4.69, 9.17) is 0 Å². The monoisotopic (exact) mass is 422 g/mol. The summed E-state index contributed by atoms with van der Waals surface area (Å²) in [4.78, 5) is 4.68. The smallest absolute Gasteiger partial charge is 0.236 e. The number of thiazole rings is 1. The highest BCUT2D eigenvalue weighted by Crippen LogP contribution is 2.31. The van der Waals surface area contributed by atoms with Gasteiger partial charge in [-0.05, 0) is 73.9 Å². The topological polar surface area (TPSA) is 59.1 Å². The van der Waals surface area contributed by atoms with Gasteiger partial charge in [-0.3, -0.25) is 4.72 Å². The van der Waals surface area contributed by atoms with Crippen LogP contribution in [-0.4, -0.2) is 13.4 Å². The first-order valence-electron chi connectivity index (χ1n) is 9.33. The fraction of sp³-hybridized carbons (Fsp3) is 0.174. The summed E-state index contributed by atoms with van der Waals surface area (Å²) in [5, 5.41) is 0.926. The average Bonchev–Trinajstić information content (AvgIpc) is 3.08. The first-order chi connectivity index (χ1) is 13.8. The van der Waals surface area contributed by atoms with Crippen LogP contribution in [0, 0.1) is 20.8 Å². The molecule has 0 unspecified atom stereocenters. The van der Waals surface area contributed by atoms with Crippen LogP contribution in [0.15, 0.2) is 60.7 Å². The zero-order valence-electron chi connectivity index (χ0n) is 16.6. The minimum atomic E-state index is -3.49. The quantitative estimate of drug-likeness (QED) is 0.440. The molecule has 4 rings (SSSR count). The van der Waals surface area contributed by atoms with Gasteiger partial charge in [-0.25, -0.2) is 13.4 Å². The van der Waals surface area contributed by atoms with E-state index in [1.165, 1.54) is 5.56 Å². The van der Waals surface area contributed by atoms with E-state index < -0.39 is 10.0 Å². The third-order valence-corrected chi connectivity index (χ3v) is 7.10. The van der Waals surface area contributed by atoms with Crippen molar-refractivity contribution < 1.29 is 8.42 Å². The van der Waals surface area contributed by atoms with E-state index in [1.807, 2.05) is 50.2 Å². The Morgan fingerprint density at radius 1 is 0.897 bits per heavy atom. The van der Waals surface area contributed by atoms with Gasteiger partial charge in [0, 0.05) is 11.3 Å². The van der Waals surface area contributed by atoms with Gasteiger partial charge >= 0.3 is 0 Å². The summed E-state index contributed by atoms with van der Waals surface area (Å²) in [5.41, 5.74) is 6.56. The molecule has 148 valence electrons. The molecule has 4 nitrogen and oxygen atoms in total. The Morgan fingerprint density at radius 2 is 1.59 bits per heavy atom. The second kappa shape index (κ2) is 7.61. The number of sulfonamides is 1. The van der Waals surface area contributed by atoms with Crippen molar-refractivity contribution in [3.05, 3.63) is 82.9 Å². The second-order valence-electron chi connectivity index (χ2n) is 7.36. The summed E-state index contributed by atoms with van der Waals surface area (Å²) in [5.74, 6) is -0.0422. The minimum Gasteiger partial charge on any atom is -0.283 e. The van der Waals surface area contributed by atoms with Crippen LogP contribution in [0.4, 0.5) is 5.69 Å². The van der Waals surface area contributed by atoms with Crippen molar-refractivity contribution in [1.29, 1.82) is 0 Å². The van der Waals surface area contributed by atoms with Crippen molar-refractivity contribution >= 4 is 37.3 Å². The van der Waals surface area contributed by atoms with Gasteiger partial charge in [0.05, 0.1) is 16.0 Å². The fourth-order valence-electron chi connectivity index (χ4n) is 3.21. The summed E-state index contributed by atoms with van der Waals surface area (Å²) < 4.78 is 29.1. The maximum absolute atomic E-state index is 12.6. The molecule has 0 fully saturated rings. The number of anilines is 1. The lowest BCUT2D eigenvalue weighted by Gasteiger charge is -2.11. The zero-order chi connectivity index (χ0) is 20.6. The van der Waals surface area contributed by atoms with Crippen molar-refractivity contribution in [1.82, 2.24) is 4.98 Å². The number of fused-ring (bicyclic) bond motifs is 1. The van der Waals surface area contributed by atoms with Crippen LogP contribution in [0.5, 0.6) is 0 Å². The van der Waals surface area contributed by atoms with Crippen LogP contribution < -0.4 is 4.72 Å². The predicted molar refractivity (Wildman–Crippen MR) is 122 cm³/mol. The molecule has 0 spiro atoms. The van der Waals surface area contributed by atoms with Gasteiger partial charge in [0.2, 0.25) is 10.0 Å². The first-order valence-corrected chi connectivity index (χ1v) is 11.8. The Labute approximate surface area is 175 Å². The molecule has 0 radical (unpaired) electrons. The van der Waals surface area contributed by atoms with Crippen molar-refractivity contribution in [2.45, 2.75) is 26.5 Å². The second-order valence-corrected chi connectivity index (χ2v) is 10.1. The molecule has 29 heavy (non-hydrogen) atoms. The summed E-state index contributed by atoms with van der Waals surface area (Å²) >= 11 is 1.64. The van der Waals surface area contributed by atoms with Crippen molar-refractivity contribution in [3.63, 3.8) is 0 Å². The van der Waals surface area contributed by atoms with Gasteiger partial charge in [0.25, 0.3) is 0 Å². The maximum atomic E-state index is 12.6. The summed E-state index contributed by atoms with van der Waals surface area (Å²) in [6.07, 6.45) is 0. The van der Waals surface area contributed by atoms with Crippen LogP contribution in [0.1, 0.15) is 22.3 Å². The van der Waals surface area contributed by atoms with Gasteiger partial charge in [-0.2, -0.15) is 0 Å². The lowest BCUT2D eigenvalue weighted by molar-refractivity contribution is 0.600. The molecule has 0 aliphatic carbocycles. The molecule has 0 aliphatic rings. The van der Waals surface area contributed by atoms with Crippen LogP contribution >= 0.6 is 11.3 Å². The van der Waals surface area contributed by atoms with E-state index in [9.17, 15) is 8.42 Å². The lowest BCUT2D eigenvalue weighted by atomic mass is 10.1. The van der Waals surface area contributed by atoms with Crippen LogP contribution in [-0.2, 0) is 15.8 Å². The molecule has 0 saturated carbocycles. The van der Waals surface area contributed by atoms with E-state index >= 15 is 0 Å². The van der Waals surface area contributed by atoms with Crippen LogP contribution in [0.25, 0.3) is 20.8 Å². The molecule has 0 amide bonds. The molecule has 1 aromatic heterocycles. The largest absolute Gasteiger partial charge is 0.283 e. The lowest BCUT2D eigenvalue weighted by Crippen LogP contribution is -2.15. The fourth-order valence-corrected chi connectivity index (χ4v) is 5.57. The van der Waals surface area contributed by atoms with Crippen molar-refractivity contribution in [3.8, 4) is 10.6 Å². The third kappa shape index (κ3) is 4.49. The molecular weight excluding hydrogens is 400 g/mol. The maximum Gasteiger partial charge on any atom is 0.236 e. The van der Waals surface area contributed by atoms with Gasteiger partial charge < -0.3 is 0 Å². The number of benzene rings is 3. The Morgan fingerprint density at radius 3 is 2.34 bits per heavy atom. The summed E-state index contributed by atoms with van der Waals surface area (Å²) in [6.45, 7) is 5.96. The molecule has 1 N–H and O–H groups in total. The molecule has 1 heterocycles. The van der Waals surface area contributed by atoms with Gasteiger partial charge in [0.15, 0.2) is 0 Å². The van der Waals surface area contributed by atoms with Gasteiger partial charge in [-0.1, -0.05) is 29.8 Å². The molecule has 3 aromatic carbocycles. The Kier molecular flexibility index (Phi) is 5.15. The number of rotatable bonds is 5. The molecule has 0 bridgehead atoms. The van der Waals surface area contributed by atoms with Gasteiger partial charge in [-0.15, -0.1) is 11.3 Å². The van der Waals surface area contributed by atoms with Crippen LogP contribution in [0.2, 0.25) is 0 Å². The molecule has 0 saturated heterocycles. The Bertz CT molecular complexity index is 1290. The SMILES string of the molecule is Cc1ccc(C)c(CS(=O)(=O)Nc2ccc(-c3nc4ccc(C)cc4s3)cc2)c1. The van der Waals surface area contributed by atoms with E-state index in [0.29, 0.717) is 5.69 Å². The van der Waals surface area contributed by atoms with Crippen molar-refractivity contribution in [2.24, 2.45) is 0 Å². The summed E-state index contributed by atoms with van der Waals surface area (Å²) in [6, 6.07) is 19.5. The highest BCUT2D eigenvalue weighted by Gasteiger charge is 2.14. The number of nitrogens with zero attached hydrogens (tertiary/aromatic N) is 1. The third-order valence-electron chi connectivity index (χ3n) is 4.80. The molecule has 0 aliphatic heterocycles. The summed E-state index contributed by atoms with van der Waals surface area (Å²) in [7, 11) is -3.49. The van der Waals surface area contributed by atoms with E-state index in [1.54, 1.807) is 23.5 Å². The van der Waals surface area contributed by atoms with Gasteiger partial charge in [0.1, 0.15) is 5.01 Å².